The quantitative estimate of drug-likeness (QED) is 0.662. The van der Waals surface area contributed by atoms with Crippen molar-refractivity contribution in [2.45, 2.75) is 51.2 Å². The molecule has 1 amide bonds. The summed E-state index contributed by atoms with van der Waals surface area (Å²) in [5.74, 6) is -1.86. The Bertz CT molecular complexity index is 917. The Morgan fingerprint density at radius 3 is 2.62 bits per heavy atom. The first-order chi connectivity index (χ1) is 13.8. The van der Waals surface area contributed by atoms with Crippen molar-refractivity contribution in [1.29, 1.82) is 0 Å². The van der Waals surface area contributed by atoms with Crippen molar-refractivity contribution in [3.05, 3.63) is 23.0 Å². The van der Waals surface area contributed by atoms with Crippen LogP contribution in [0.1, 0.15) is 43.2 Å². The van der Waals surface area contributed by atoms with Crippen molar-refractivity contribution in [3.8, 4) is 5.75 Å². The van der Waals surface area contributed by atoms with Crippen LogP contribution in [0.25, 0.3) is 0 Å². The number of amides is 1. The number of nitrogens with zero attached hydrogens (tertiary/aromatic N) is 2. The number of nitrogens with one attached hydrogen (secondary N) is 1. The van der Waals surface area contributed by atoms with Gasteiger partial charge >= 0.3 is 10.2 Å². The summed E-state index contributed by atoms with van der Waals surface area (Å²) in [6.07, 6.45) is 5.48. The molecule has 0 bridgehead atoms. The number of aliphatic hydroxyl groups is 1. The molecule has 1 atom stereocenters. The Balaban J connectivity index is 1.57. The number of hydrogen-bond acceptors (Lipinski definition) is 6. The van der Waals surface area contributed by atoms with Crippen LogP contribution in [-0.4, -0.2) is 55.2 Å². The number of carbonyl (C=O) groups is 1. The molecule has 1 unspecified atom stereocenters. The molecule has 0 spiro atoms. The summed E-state index contributed by atoms with van der Waals surface area (Å²) >= 11 is 0. The zero-order valence-electron chi connectivity index (χ0n) is 16.1. The van der Waals surface area contributed by atoms with Gasteiger partial charge in [-0.1, -0.05) is 19.3 Å². The minimum Gasteiger partial charge on any atom is -0.506 e. The van der Waals surface area contributed by atoms with Crippen molar-refractivity contribution < 1.29 is 27.8 Å². The molecule has 1 aliphatic carbocycles. The lowest BCUT2D eigenvalue weighted by molar-refractivity contribution is -0.117. The van der Waals surface area contributed by atoms with Crippen molar-refractivity contribution in [3.63, 3.8) is 0 Å². The average molecular weight is 427 g/mol. The lowest BCUT2D eigenvalue weighted by atomic mass is 9.85. The third-order valence-electron chi connectivity index (χ3n) is 6.20. The van der Waals surface area contributed by atoms with Crippen LogP contribution in [0.15, 0.2) is 6.07 Å². The highest BCUT2D eigenvalue weighted by molar-refractivity contribution is 7.92. The number of anilines is 1. The topological polar surface area (TPSA) is 110 Å². The van der Waals surface area contributed by atoms with Gasteiger partial charge in [-0.2, -0.15) is 8.42 Å². The Kier molecular flexibility index (Phi) is 5.43. The van der Waals surface area contributed by atoms with E-state index in [1.807, 2.05) is 4.90 Å². The minimum atomic E-state index is -4.23. The van der Waals surface area contributed by atoms with Crippen LogP contribution in [0.4, 0.5) is 10.1 Å². The minimum absolute atomic E-state index is 0.216. The maximum atomic E-state index is 15.3. The second kappa shape index (κ2) is 7.73. The highest BCUT2D eigenvalue weighted by Crippen LogP contribution is 2.39. The van der Waals surface area contributed by atoms with Gasteiger partial charge in [-0.3, -0.25) is 9.69 Å². The van der Waals surface area contributed by atoms with E-state index in [-0.39, 0.29) is 12.5 Å². The summed E-state index contributed by atoms with van der Waals surface area (Å²) in [6, 6.07) is 1.38. The summed E-state index contributed by atoms with van der Waals surface area (Å²) in [7, 11) is -4.23. The molecule has 2 fully saturated rings. The van der Waals surface area contributed by atoms with E-state index in [0.29, 0.717) is 34.9 Å². The number of phenolic OH excluding ortho intramolecular Hbond substituents is 1. The molecule has 0 aromatic heterocycles. The first kappa shape index (κ1) is 20.4. The zero-order chi connectivity index (χ0) is 20.8. The lowest BCUT2D eigenvalue weighted by Gasteiger charge is -2.34. The van der Waals surface area contributed by atoms with Gasteiger partial charge in [0.05, 0.1) is 6.10 Å². The predicted molar refractivity (Wildman–Crippen MR) is 104 cm³/mol. The number of aromatic hydroxyl groups is 1. The summed E-state index contributed by atoms with van der Waals surface area (Å²) < 4.78 is 41.9. The number of benzene rings is 1. The fourth-order valence-electron chi connectivity index (χ4n) is 4.66. The molecular weight excluding hydrogens is 401 g/mol. The van der Waals surface area contributed by atoms with Crippen LogP contribution in [0.2, 0.25) is 0 Å². The number of phenols is 1. The van der Waals surface area contributed by atoms with Crippen molar-refractivity contribution >= 4 is 21.8 Å². The molecule has 8 nitrogen and oxygen atoms in total. The molecule has 3 N–H and O–H groups in total. The van der Waals surface area contributed by atoms with Gasteiger partial charge in [-0.25, -0.2) is 13.4 Å². The monoisotopic (exact) mass is 427 g/mol. The largest absolute Gasteiger partial charge is 0.506 e. The van der Waals surface area contributed by atoms with Gasteiger partial charge in [0.15, 0.2) is 5.82 Å². The number of β-amino-alcohol motifs (C(OH)–C–C–N with tert-alkyl or cyclic N) is 1. The first-order valence-corrected chi connectivity index (χ1v) is 11.5. The lowest BCUT2D eigenvalue weighted by Crippen LogP contribution is -2.40. The second-order valence-electron chi connectivity index (χ2n) is 8.18. The molecule has 2 heterocycles. The van der Waals surface area contributed by atoms with Crippen LogP contribution in [0.5, 0.6) is 5.75 Å². The SMILES string of the molecule is O=C1CN(c2c(O)cc3c(c2F)CN(CC(O)C2CCCCC2)CC3)S(=O)(=O)N1. The number of rotatable bonds is 4. The highest BCUT2D eigenvalue weighted by atomic mass is 32.2. The predicted octanol–water partition coefficient (Wildman–Crippen LogP) is 1.01. The van der Waals surface area contributed by atoms with E-state index in [4.69, 9.17) is 0 Å². The summed E-state index contributed by atoms with van der Waals surface area (Å²) in [6.45, 7) is 0.696. The van der Waals surface area contributed by atoms with E-state index in [0.717, 1.165) is 25.7 Å². The molecule has 1 saturated heterocycles. The number of hydrogen-bond donors (Lipinski definition) is 3. The summed E-state index contributed by atoms with van der Waals surface area (Å²) in [5.41, 5.74) is 0.411. The van der Waals surface area contributed by atoms with Gasteiger partial charge < -0.3 is 10.2 Å². The van der Waals surface area contributed by atoms with Crippen LogP contribution in [0, 0.1) is 11.7 Å². The van der Waals surface area contributed by atoms with Crippen LogP contribution in [-0.2, 0) is 28.0 Å². The molecule has 1 saturated carbocycles. The van der Waals surface area contributed by atoms with E-state index >= 15 is 4.39 Å². The van der Waals surface area contributed by atoms with E-state index in [1.54, 1.807) is 4.72 Å². The zero-order valence-corrected chi connectivity index (χ0v) is 16.9. The summed E-state index contributed by atoms with van der Waals surface area (Å²) in [5, 5.41) is 20.9. The Morgan fingerprint density at radius 2 is 1.97 bits per heavy atom. The maximum Gasteiger partial charge on any atom is 0.326 e. The Morgan fingerprint density at radius 1 is 1.24 bits per heavy atom. The van der Waals surface area contributed by atoms with E-state index in [2.05, 4.69) is 0 Å². The molecule has 10 heteroatoms. The Hall–Kier alpha value is -1.91. The molecule has 4 rings (SSSR count). The van der Waals surface area contributed by atoms with E-state index in [1.165, 1.54) is 12.5 Å². The highest BCUT2D eigenvalue weighted by Gasteiger charge is 2.39. The second-order valence-corrected chi connectivity index (χ2v) is 9.78. The molecule has 29 heavy (non-hydrogen) atoms. The van der Waals surface area contributed by atoms with Crippen LogP contribution >= 0.6 is 0 Å². The van der Waals surface area contributed by atoms with Gasteiger partial charge in [-0.15, -0.1) is 0 Å². The normalized spacial score (nSPS) is 23.7. The number of fused-ring (bicyclic) bond motifs is 1. The molecule has 1 aromatic rings. The van der Waals surface area contributed by atoms with Crippen molar-refractivity contribution in [1.82, 2.24) is 9.62 Å². The number of halogens is 1. The van der Waals surface area contributed by atoms with Gasteiger partial charge in [0, 0.05) is 25.2 Å². The van der Waals surface area contributed by atoms with E-state index < -0.39 is 46.0 Å². The molecular formula is C19H26FN3O5S. The fraction of sp³-hybridized carbons (Fsp3) is 0.632. The third kappa shape index (κ3) is 3.93. The smallest absolute Gasteiger partial charge is 0.326 e. The Labute approximate surface area is 169 Å². The molecule has 0 radical (unpaired) electrons. The fourth-order valence-corrected chi connectivity index (χ4v) is 5.83. The third-order valence-corrected chi connectivity index (χ3v) is 7.58. The number of aliphatic hydroxyl groups excluding tert-OH is 1. The standard InChI is InChI=1S/C19H26FN3O5S/c20-18-14-9-22(10-16(25)12-4-2-1-3-5-12)7-6-13(14)8-15(24)19(18)23-11-17(26)21-29(23,27)28/h8,12,16,24-25H,1-7,9-11H2,(H,21,26). The van der Waals surface area contributed by atoms with Crippen LogP contribution in [0.3, 0.4) is 0 Å². The van der Waals surface area contributed by atoms with Crippen LogP contribution < -0.4 is 9.03 Å². The molecule has 3 aliphatic rings. The van der Waals surface area contributed by atoms with Gasteiger partial charge in [0.2, 0.25) is 0 Å². The maximum absolute atomic E-state index is 15.3. The molecule has 2 aliphatic heterocycles. The van der Waals surface area contributed by atoms with Crippen molar-refractivity contribution in [2.75, 3.05) is 23.9 Å². The first-order valence-electron chi connectivity index (χ1n) is 10.0. The van der Waals surface area contributed by atoms with Gasteiger partial charge in [0.25, 0.3) is 5.91 Å². The van der Waals surface area contributed by atoms with Gasteiger partial charge in [0.1, 0.15) is 18.0 Å². The summed E-state index contributed by atoms with van der Waals surface area (Å²) in [4.78, 5) is 13.5. The molecule has 1 aromatic carbocycles. The number of carbonyl (C=O) groups excluding carboxylic acids is 1. The van der Waals surface area contributed by atoms with Gasteiger partial charge in [-0.05, 0) is 36.8 Å². The van der Waals surface area contributed by atoms with E-state index in [9.17, 15) is 23.4 Å². The average Bonchev–Trinajstić information content (AvgIpc) is 2.95. The van der Waals surface area contributed by atoms with Crippen molar-refractivity contribution in [2.24, 2.45) is 5.92 Å². The molecule has 160 valence electrons.